The van der Waals surface area contributed by atoms with E-state index in [1.807, 2.05) is 6.92 Å². The van der Waals surface area contributed by atoms with Crippen molar-refractivity contribution in [2.45, 2.75) is 33.2 Å². The smallest absolute Gasteiger partial charge is 0.183 e. The van der Waals surface area contributed by atoms with Gasteiger partial charge in [-0.2, -0.15) is 5.10 Å². The summed E-state index contributed by atoms with van der Waals surface area (Å²) in [5.74, 6) is 0.106. The van der Waals surface area contributed by atoms with Crippen LogP contribution in [-0.4, -0.2) is 28.8 Å². The van der Waals surface area contributed by atoms with Gasteiger partial charge in [-0.15, -0.1) is 0 Å². The van der Waals surface area contributed by atoms with Crippen molar-refractivity contribution in [3.05, 3.63) is 18.0 Å². The Hall–Kier alpha value is -1.16. The zero-order chi connectivity index (χ0) is 11.1. The fraction of sp³-hybridized carbons (Fsp3) is 0.636. The van der Waals surface area contributed by atoms with Gasteiger partial charge in [0.15, 0.2) is 5.78 Å². The van der Waals surface area contributed by atoms with Crippen LogP contribution in [-0.2, 0) is 11.3 Å². The molecule has 1 heterocycles. The van der Waals surface area contributed by atoms with E-state index < -0.39 is 0 Å². The summed E-state index contributed by atoms with van der Waals surface area (Å²) in [4.78, 5) is 11.7. The number of ether oxygens (including phenoxy) is 1. The molecule has 0 amide bonds. The topological polar surface area (TPSA) is 44.1 Å². The largest absolute Gasteiger partial charge is 0.381 e. The van der Waals surface area contributed by atoms with Crippen molar-refractivity contribution in [1.29, 1.82) is 0 Å². The molecule has 0 bridgehead atoms. The molecule has 1 rings (SSSR count). The van der Waals surface area contributed by atoms with Crippen LogP contribution in [0.4, 0.5) is 0 Å². The molecular weight excluding hydrogens is 192 g/mol. The zero-order valence-corrected chi connectivity index (χ0v) is 9.40. The third-order valence-corrected chi connectivity index (χ3v) is 2.12. The fourth-order valence-electron chi connectivity index (χ4n) is 1.40. The van der Waals surface area contributed by atoms with E-state index in [1.165, 1.54) is 0 Å². The predicted octanol–water partition coefficient (Wildman–Crippen LogP) is 1.90. The lowest BCUT2D eigenvalue weighted by molar-refractivity contribution is 0.0885. The highest BCUT2D eigenvalue weighted by Crippen LogP contribution is 2.04. The van der Waals surface area contributed by atoms with E-state index in [9.17, 15) is 4.79 Å². The highest BCUT2D eigenvalue weighted by atomic mass is 16.5. The Balaban J connectivity index is 2.53. The summed E-state index contributed by atoms with van der Waals surface area (Å²) in [5, 5.41) is 4.11. The molecule has 0 atom stereocenters. The van der Waals surface area contributed by atoms with E-state index in [2.05, 4.69) is 12.0 Å². The molecular formula is C11H18N2O2. The number of carbonyl (C=O) groups is 1. The summed E-state index contributed by atoms with van der Waals surface area (Å²) in [6.45, 7) is 5.93. The first-order valence-electron chi connectivity index (χ1n) is 5.42. The molecule has 4 heteroatoms. The molecule has 84 valence electrons. The van der Waals surface area contributed by atoms with Crippen molar-refractivity contribution in [2.24, 2.45) is 0 Å². The molecule has 0 aliphatic carbocycles. The van der Waals surface area contributed by atoms with Crippen LogP contribution >= 0.6 is 0 Å². The van der Waals surface area contributed by atoms with Gasteiger partial charge < -0.3 is 4.74 Å². The van der Waals surface area contributed by atoms with Gasteiger partial charge in [0, 0.05) is 25.8 Å². The molecule has 0 aliphatic heterocycles. The van der Waals surface area contributed by atoms with Gasteiger partial charge in [0.1, 0.15) is 5.69 Å². The van der Waals surface area contributed by atoms with Crippen molar-refractivity contribution < 1.29 is 9.53 Å². The molecule has 0 saturated carbocycles. The maximum absolute atomic E-state index is 11.7. The first-order valence-corrected chi connectivity index (χ1v) is 5.42. The second-order valence-corrected chi connectivity index (χ2v) is 3.31. The number of Topliss-reactive ketones (excluding diaryl/α,β-unsaturated/α-hetero) is 1. The first kappa shape index (κ1) is 11.9. The second-order valence-electron chi connectivity index (χ2n) is 3.31. The quantitative estimate of drug-likeness (QED) is 0.510. The van der Waals surface area contributed by atoms with Crippen LogP contribution in [0, 0.1) is 0 Å². The molecule has 4 nitrogen and oxygen atoms in total. The molecule has 0 saturated heterocycles. The summed E-state index contributed by atoms with van der Waals surface area (Å²) in [7, 11) is 0. The van der Waals surface area contributed by atoms with Crippen LogP contribution in [0.3, 0.4) is 0 Å². The first-order chi connectivity index (χ1) is 7.29. The predicted molar refractivity (Wildman–Crippen MR) is 58.0 cm³/mol. The highest BCUT2D eigenvalue weighted by molar-refractivity contribution is 5.94. The second kappa shape index (κ2) is 6.35. The third kappa shape index (κ3) is 3.47. The summed E-state index contributed by atoms with van der Waals surface area (Å²) in [5.41, 5.74) is 0.691. The van der Waals surface area contributed by atoms with Crippen LogP contribution in [0.1, 0.15) is 37.2 Å². The molecule has 0 radical (unpaired) electrons. The van der Waals surface area contributed by atoms with Gasteiger partial charge in [0.2, 0.25) is 0 Å². The van der Waals surface area contributed by atoms with Crippen molar-refractivity contribution >= 4 is 5.78 Å². The molecule has 0 unspecified atom stereocenters. The number of carbonyl (C=O) groups excluding carboxylic acids is 1. The van der Waals surface area contributed by atoms with Crippen molar-refractivity contribution in [3.8, 4) is 0 Å². The van der Waals surface area contributed by atoms with Crippen LogP contribution in [0.25, 0.3) is 0 Å². The van der Waals surface area contributed by atoms with Gasteiger partial charge in [0.25, 0.3) is 0 Å². The van der Waals surface area contributed by atoms with Crippen LogP contribution < -0.4 is 0 Å². The Morgan fingerprint density at radius 3 is 3.00 bits per heavy atom. The minimum atomic E-state index is 0.106. The van der Waals surface area contributed by atoms with Gasteiger partial charge in [-0.1, -0.05) is 6.92 Å². The average molecular weight is 210 g/mol. The molecule has 15 heavy (non-hydrogen) atoms. The standard InChI is InChI=1S/C11H18N2O2/c1-3-8-13-10(5-7-12-13)11(14)6-9-15-4-2/h5,7H,3-4,6,8-9H2,1-2H3. The summed E-state index contributed by atoms with van der Waals surface area (Å²) >= 11 is 0. The summed E-state index contributed by atoms with van der Waals surface area (Å²) in [6, 6.07) is 1.77. The van der Waals surface area contributed by atoms with Gasteiger partial charge in [-0.3, -0.25) is 9.48 Å². The van der Waals surface area contributed by atoms with Gasteiger partial charge in [0.05, 0.1) is 6.61 Å². The number of hydrogen-bond acceptors (Lipinski definition) is 3. The Labute approximate surface area is 90.2 Å². The van der Waals surface area contributed by atoms with E-state index in [4.69, 9.17) is 4.74 Å². The van der Waals surface area contributed by atoms with Crippen LogP contribution in [0.2, 0.25) is 0 Å². The number of nitrogens with zero attached hydrogens (tertiary/aromatic N) is 2. The Bertz CT molecular complexity index is 307. The van der Waals surface area contributed by atoms with Crippen molar-refractivity contribution in [1.82, 2.24) is 9.78 Å². The molecule has 1 aromatic heterocycles. The zero-order valence-electron chi connectivity index (χ0n) is 9.40. The van der Waals surface area contributed by atoms with Gasteiger partial charge >= 0.3 is 0 Å². The maximum atomic E-state index is 11.7. The Morgan fingerprint density at radius 1 is 1.53 bits per heavy atom. The normalized spacial score (nSPS) is 10.5. The van der Waals surface area contributed by atoms with Gasteiger partial charge in [-0.25, -0.2) is 0 Å². The molecule has 0 aromatic carbocycles. The van der Waals surface area contributed by atoms with E-state index in [0.29, 0.717) is 25.3 Å². The highest BCUT2D eigenvalue weighted by Gasteiger charge is 2.10. The minimum Gasteiger partial charge on any atom is -0.381 e. The van der Waals surface area contributed by atoms with E-state index in [-0.39, 0.29) is 5.78 Å². The van der Waals surface area contributed by atoms with E-state index >= 15 is 0 Å². The number of aromatic nitrogens is 2. The van der Waals surface area contributed by atoms with Gasteiger partial charge in [-0.05, 0) is 19.4 Å². The molecule has 0 spiro atoms. The number of hydrogen-bond donors (Lipinski definition) is 0. The van der Waals surface area contributed by atoms with Crippen molar-refractivity contribution in [2.75, 3.05) is 13.2 Å². The van der Waals surface area contributed by atoms with Crippen LogP contribution in [0.15, 0.2) is 12.3 Å². The van der Waals surface area contributed by atoms with E-state index in [1.54, 1.807) is 16.9 Å². The molecule has 0 fully saturated rings. The molecule has 1 aromatic rings. The van der Waals surface area contributed by atoms with Crippen molar-refractivity contribution in [3.63, 3.8) is 0 Å². The lowest BCUT2D eigenvalue weighted by atomic mass is 10.2. The minimum absolute atomic E-state index is 0.106. The number of ketones is 1. The third-order valence-electron chi connectivity index (χ3n) is 2.12. The monoisotopic (exact) mass is 210 g/mol. The summed E-state index contributed by atoms with van der Waals surface area (Å²) in [6.07, 6.45) is 3.08. The molecule has 0 N–H and O–H groups in total. The summed E-state index contributed by atoms with van der Waals surface area (Å²) < 4.78 is 6.91. The lowest BCUT2D eigenvalue weighted by Gasteiger charge is -2.05. The lowest BCUT2D eigenvalue weighted by Crippen LogP contribution is -2.12. The maximum Gasteiger partial charge on any atom is 0.183 e. The molecule has 0 aliphatic rings. The number of rotatable bonds is 7. The van der Waals surface area contributed by atoms with Crippen LogP contribution in [0.5, 0.6) is 0 Å². The fourth-order valence-corrected chi connectivity index (χ4v) is 1.40. The Morgan fingerprint density at radius 2 is 2.33 bits per heavy atom. The number of aryl methyl sites for hydroxylation is 1. The Kier molecular flexibility index (Phi) is 5.04. The SMILES string of the molecule is CCCn1nccc1C(=O)CCOCC. The van der Waals surface area contributed by atoms with E-state index in [0.717, 1.165) is 13.0 Å². The average Bonchev–Trinajstić information content (AvgIpc) is 2.67.